The normalized spacial score (nSPS) is 35.4. The molecule has 0 aliphatic carbocycles. The van der Waals surface area contributed by atoms with Crippen LogP contribution in [0.3, 0.4) is 0 Å². The Balaban J connectivity index is 1.93. The van der Waals surface area contributed by atoms with E-state index in [2.05, 4.69) is 22.0 Å². The summed E-state index contributed by atoms with van der Waals surface area (Å²) in [5, 5.41) is 3.43. The average molecular weight is 158 g/mol. The molecule has 0 spiro atoms. The highest BCUT2D eigenvalue weighted by Gasteiger charge is 2.24. The number of piperazine rings is 1. The van der Waals surface area contributed by atoms with E-state index >= 15 is 0 Å². The van der Waals surface area contributed by atoms with Crippen LogP contribution in [0.1, 0.15) is 0 Å². The van der Waals surface area contributed by atoms with Crippen molar-refractivity contribution < 1.29 is 0 Å². The van der Waals surface area contributed by atoms with Crippen molar-refractivity contribution in [3.8, 4) is 0 Å². The Hall–Kier alpha value is 0.270. The molecule has 0 saturated carbocycles. The van der Waals surface area contributed by atoms with Crippen molar-refractivity contribution in [1.82, 2.24) is 10.2 Å². The first-order valence-electron chi connectivity index (χ1n) is 3.99. The van der Waals surface area contributed by atoms with E-state index in [1.807, 2.05) is 0 Å². The van der Waals surface area contributed by atoms with Crippen LogP contribution in [0.4, 0.5) is 0 Å². The molecule has 2 rings (SSSR count). The van der Waals surface area contributed by atoms with E-state index in [0.29, 0.717) is 0 Å². The number of hydrogen-bond acceptors (Lipinski definition) is 3. The summed E-state index contributed by atoms with van der Waals surface area (Å²) in [4.78, 5) is 2.62. The van der Waals surface area contributed by atoms with Crippen LogP contribution in [0.5, 0.6) is 0 Å². The molecule has 58 valence electrons. The number of hydrogen-bond donors (Lipinski definition) is 1. The van der Waals surface area contributed by atoms with Crippen molar-refractivity contribution in [2.45, 2.75) is 6.04 Å². The molecule has 0 aromatic heterocycles. The molecule has 2 fully saturated rings. The van der Waals surface area contributed by atoms with Crippen molar-refractivity contribution in [3.05, 3.63) is 0 Å². The first-order chi connectivity index (χ1) is 4.97. The molecule has 0 bridgehead atoms. The average Bonchev–Trinajstić information content (AvgIpc) is 2.05. The Morgan fingerprint density at radius 1 is 1.40 bits per heavy atom. The van der Waals surface area contributed by atoms with Gasteiger partial charge in [-0.05, 0) is 0 Å². The SMILES string of the molecule is C1CN2CCSC[C@H]2CN1. The number of rotatable bonds is 0. The minimum atomic E-state index is 0.840. The molecule has 2 nitrogen and oxygen atoms in total. The van der Waals surface area contributed by atoms with Gasteiger partial charge in [-0.2, -0.15) is 11.8 Å². The Bertz CT molecular complexity index is 92.2. The Labute approximate surface area is 66.4 Å². The standard InChI is InChI=1S/C7H14N2S/c1-2-9-3-4-10-6-7(9)5-8-1/h7-8H,1-6H2/t7-/m1/s1. The molecule has 1 N–H and O–H groups in total. The second-order valence-electron chi connectivity index (χ2n) is 2.97. The maximum absolute atomic E-state index is 3.43. The topological polar surface area (TPSA) is 15.3 Å². The van der Waals surface area contributed by atoms with Gasteiger partial charge in [-0.25, -0.2) is 0 Å². The van der Waals surface area contributed by atoms with Gasteiger partial charge in [0.1, 0.15) is 0 Å². The van der Waals surface area contributed by atoms with E-state index < -0.39 is 0 Å². The maximum Gasteiger partial charge on any atom is 0.0312 e. The van der Waals surface area contributed by atoms with E-state index in [4.69, 9.17) is 0 Å². The molecule has 1 atom stereocenters. The summed E-state index contributed by atoms with van der Waals surface area (Å²) in [6.45, 7) is 5.00. The monoisotopic (exact) mass is 158 g/mol. The largest absolute Gasteiger partial charge is 0.314 e. The fourth-order valence-corrected chi connectivity index (χ4v) is 2.79. The highest BCUT2D eigenvalue weighted by Crippen LogP contribution is 2.16. The molecular weight excluding hydrogens is 144 g/mol. The van der Waals surface area contributed by atoms with Crippen LogP contribution < -0.4 is 5.32 Å². The lowest BCUT2D eigenvalue weighted by Gasteiger charge is -2.39. The Kier molecular flexibility index (Phi) is 2.16. The van der Waals surface area contributed by atoms with E-state index in [1.54, 1.807) is 0 Å². The maximum atomic E-state index is 3.43. The third-order valence-electron chi connectivity index (χ3n) is 2.31. The highest BCUT2D eigenvalue weighted by atomic mass is 32.2. The van der Waals surface area contributed by atoms with Crippen molar-refractivity contribution in [2.24, 2.45) is 0 Å². The van der Waals surface area contributed by atoms with Crippen LogP contribution in [0.25, 0.3) is 0 Å². The zero-order chi connectivity index (χ0) is 6.81. The fourth-order valence-electron chi connectivity index (χ4n) is 1.66. The van der Waals surface area contributed by atoms with Gasteiger partial charge in [0.25, 0.3) is 0 Å². The fraction of sp³-hybridized carbons (Fsp3) is 1.00. The summed E-state index contributed by atoms with van der Waals surface area (Å²) in [5.41, 5.74) is 0. The number of fused-ring (bicyclic) bond motifs is 1. The van der Waals surface area contributed by atoms with Crippen molar-refractivity contribution in [1.29, 1.82) is 0 Å². The molecule has 0 aromatic carbocycles. The Morgan fingerprint density at radius 3 is 3.30 bits per heavy atom. The van der Waals surface area contributed by atoms with Crippen LogP contribution in [0, 0.1) is 0 Å². The lowest BCUT2D eigenvalue weighted by molar-refractivity contribution is 0.182. The van der Waals surface area contributed by atoms with Crippen LogP contribution in [-0.2, 0) is 0 Å². The lowest BCUT2D eigenvalue weighted by atomic mass is 10.2. The van der Waals surface area contributed by atoms with Gasteiger partial charge in [-0.1, -0.05) is 0 Å². The first kappa shape index (κ1) is 6.95. The van der Waals surface area contributed by atoms with Gasteiger partial charge in [0.2, 0.25) is 0 Å². The van der Waals surface area contributed by atoms with Gasteiger partial charge in [-0.15, -0.1) is 0 Å². The second kappa shape index (κ2) is 3.11. The Morgan fingerprint density at radius 2 is 2.40 bits per heavy atom. The summed E-state index contributed by atoms with van der Waals surface area (Å²) >= 11 is 2.10. The minimum absolute atomic E-state index is 0.840. The van der Waals surface area contributed by atoms with Gasteiger partial charge in [0.15, 0.2) is 0 Å². The third-order valence-corrected chi connectivity index (χ3v) is 3.40. The van der Waals surface area contributed by atoms with Crippen LogP contribution in [0.2, 0.25) is 0 Å². The molecule has 0 unspecified atom stereocenters. The van der Waals surface area contributed by atoms with E-state index in [-0.39, 0.29) is 0 Å². The summed E-state index contributed by atoms with van der Waals surface area (Å²) in [6.07, 6.45) is 0. The van der Waals surface area contributed by atoms with Gasteiger partial charge in [0.05, 0.1) is 0 Å². The molecule has 0 radical (unpaired) electrons. The molecule has 2 aliphatic rings. The second-order valence-corrected chi connectivity index (χ2v) is 4.12. The number of nitrogens with one attached hydrogen (secondary N) is 1. The predicted octanol–water partition coefficient (Wildman–Crippen LogP) is 0.00700. The van der Waals surface area contributed by atoms with Crippen molar-refractivity contribution in [2.75, 3.05) is 37.7 Å². The predicted molar refractivity (Wildman–Crippen MR) is 45.6 cm³/mol. The zero-order valence-electron chi connectivity index (χ0n) is 6.18. The summed E-state index contributed by atoms with van der Waals surface area (Å²) in [5.74, 6) is 2.68. The highest BCUT2D eigenvalue weighted by molar-refractivity contribution is 7.99. The quantitative estimate of drug-likeness (QED) is 0.534. The van der Waals surface area contributed by atoms with Gasteiger partial charge < -0.3 is 5.32 Å². The smallest absolute Gasteiger partial charge is 0.0312 e. The van der Waals surface area contributed by atoms with Crippen LogP contribution >= 0.6 is 11.8 Å². The molecule has 0 aromatic rings. The molecule has 0 amide bonds. The van der Waals surface area contributed by atoms with Gasteiger partial charge in [-0.3, -0.25) is 4.90 Å². The van der Waals surface area contributed by atoms with Crippen molar-refractivity contribution in [3.63, 3.8) is 0 Å². The van der Waals surface area contributed by atoms with Gasteiger partial charge in [0, 0.05) is 43.7 Å². The summed E-state index contributed by atoms with van der Waals surface area (Å²) < 4.78 is 0. The summed E-state index contributed by atoms with van der Waals surface area (Å²) in [6, 6.07) is 0.840. The molecular formula is C7H14N2S. The van der Waals surface area contributed by atoms with Gasteiger partial charge >= 0.3 is 0 Å². The number of thioether (sulfide) groups is 1. The zero-order valence-corrected chi connectivity index (χ0v) is 6.99. The molecule has 10 heavy (non-hydrogen) atoms. The van der Waals surface area contributed by atoms with E-state index in [0.717, 1.165) is 6.04 Å². The van der Waals surface area contributed by atoms with Crippen LogP contribution in [-0.4, -0.2) is 48.6 Å². The van der Waals surface area contributed by atoms with E-state index in [9.17, 15) is 0 Å². The first-order valence-corrected chi connectivity index (χ1v) is 5.15. The minimum Gasteiger partial charge on any atom is -0.314 e. The molecule has 2 heterocycles. The van der Waals surface area contributed by atoms with E-state index in [1.165, 1.54) is 37.7 Å². The molecule has 2 saturated heterocycles. The van der Waals surface area contributed by atoms with Crippen molar-refractivity contribution >= 4 is 11.8 Å². The summed E-state index contributed by atoms with van der Waals surface area (Å²) in [7, 11) is 0. The van der Waals surface area contributed by atoms with Crippen LogP contribution in [0.15, 0.2) is 0 Å². The molecule has 3 heteroatoms. The lowest BCUT2D eigenvalue weighted by Crippen LogP contribution is -2.54. The number of nitrogens with zero attached hydrogens (tertiary/aromatic N) is 1. The third kappa shape index (κ3) is 1.31. The molecule has 2 aliphatic heterocycles.